The summed E-state index contributed by atoms with van der Waals surface area (Å²) in [5.41, 5.74) is 9.66. The summed E-state index contributed by atoms with van der Waals surface area (Å²) in [6, 6.07) is 3.98. The minimum Gasteiger partial charge on any atom is -0.377 e. The summed E-state index contributed by atoms with van der Waals surface area (Å²) >= 11 is 7.02. The first-order valence-electron chi connectivity index (χ1n) is 21.6. The third kappa shape index (κ3) is 11.6. The lowest BCUT2D eigenvalue weighted by molar-refractivity contribution is -0.119. The molecule has 1 atom stereocenters. The molecule has 0 fully saturated rings. The van der Waals surface area contributed by atoms with E-state index in [0.29, 0.717) is 55.7 Å². The van der Waals surface area contributed by atoms with Gasteiger partial charge >= 0.3 is 0 Å². The van der Waals surface area contributed by atoms with E-state index in [1.807, 2.05) is 29.7 Å². The normalized spacial score (nSPS) is 15.6. The lowest BCUT2D eigenvalue weighted by Crippen LogP contribution is -2.22. The molecule has 5 aromatic heterocycles. The summed E-state index contributed by atoms with van der Waals surface area (Å²) in [4.78, 5) is 44.8. The molecule has 0 bridgehead atoms. The monoisotopic (exact) mass is 869 g/mol. The molecule has 0 saturated carbocycles. The highest BCUT2D eigenvalue weighted by Gasteiger charge is 2.27. The number of hydrogen-bond donors (Lipinski definition) is 2. The zero-order valence-electron chi connectivity index (χ0n) is 35.1. The SMILES string of the molecule is CC(C)CCCC(=O)Cc1sc2c(c1-c1nc(C3=CCOCC3)cs1)CCNC2.CC[C@H](C)CCCC(=O)Cc1sc2c(c1-c1nc(-c3cccnc3)cs1)CCNC2. The van der Waals surface area contributed by atoms with E-state index in [-0.39, 0.29) is 0 Å². The number of aromatic nitrogens is 3. The third-order valence-electron chi connectivity index (χ3n) is 11.5. The minimum atomic E-state index is 0.357. The van der Waals surface area contributed by atoms with Gasteiger partial charge in [0.05, 0.1) is 24.6 Å². The maximum Gasteiger partial charge on any atom is 0.138 e. The summed E-state index contributed by atoms with van der Waals surface area (Å²) < 4.78 is 5.44. The van der Waals surface area contributed by atoms with Crippen LogP contribution in [0.25, 0.3) is 38.0 Å². The lowest BCUT2D eigenvalue weighted by Gasteiger charge is -2.14. The van der Waals surface area contributed by atoms with Gasteiger partial charge in [-0.15, -0.1) is 45.3 Å². The van der Waals surface area contributed by atoms with Crippen LogP contribution in [-0.2, 0) is 53.1 Å². The van der Waals surface area contributed by atoms with Crippen molar-refractivity contribution in [3.05, 3.63) is 77.7 Å². The summed E-state index contributed by atoms with van der Waals surface area (Å²) in [7, 11) is 0. The first kappa shape index (κ1) is 43.8. The molecule has 2 N–H and O–H groups in total. The molecule has 0 aliphatic carbocycles. The minimum absolute atomic E-state index is 0.357. The van der Waals surface area contributed by atoms with E-state index in [1.165, 1.54) is 53.8 Å². The van der Waals surface area contributed by atoms with Gasteiger partial charge in [-0.05, 0) is 85.9 Å². The number of rotatable bonds is 17. The summed E-state index contributed by atoms with van der Waals surface area (Å²) in [5, 5.41) is 13.3. The van der Waals surface area contributed by atoms with Crippen molar-refractivity contribution >= 4 is 62.5 Å². The van der Waals surface area contributed by atoms with Crippen LogP contribution in [-0.4, -0.2) is 52.8 Å². The molecule has 0 radical (unpaired) electrons. The Balaban J connectivity index is 0.000000179. The van der Waals surface area contributed by atoms with E-state index in [1.54, 1.807) is 40.2 Å². The summed E-state index contributed by atoms with van der Waals surface area (Å²) in [6.45, 7) is 14.2. The van der Waals surface area contributed by atoms with E-state index in [2.05, 4.69) is 60.1 Å². The molecule has 59 heavy (non-hydrogen) atoms. The molecular formula is C47H59N5O3S4. The highest BCUT2D eigenvalue weighted by Crippen LogP contribution is 2.43. The second kappa shape index (κ2) is 21.5. The van der Waals surface area contributed by atoms with E-state index < -0.39 is 0 Å². The van der Waals surface area contributed by atoms with Gasteiger partial charge in [0, 0.05) is 98.1 Å². The number of ketones is 2. The Kier molecular flexibility index (Phi) is 16.0. The number of pyridine rings is 1. The van der Waals surface area contributed by atoms with Gasteiger partial charge in [-0.2, -0.15) is 0 Å². The molecule has 0 amide bonds. The van der Waals surface area contributed by atoms with Crippen LogP contribution in [0.3, 0.4) is 0 Å². The van der Waals surface area contributed by atoms with Crippen LogP contribution in [0.15, 0.2) is 41.4 Å². The third-order valence-corrected chi connectivity index (χ3v) is 15.7. The molecule has 5 aromatic rings. The highest BCUT2D eigenvalue weighted by atomic mass is 32.1. The van der Waals surface area contributed by atoms with Gasteiger partial charge in [0.1, 0.15) is 21.6 Å². The van der Waals surface area contributed by atoms with E-state index in [4.69, 9.17) is 14.7 Å². The molecule has 0 aromatic carbocycles. The molecule has 314 valence electrons. The Hall–Kier alpha value is -3.23. The van der Waals surface area contributed by atoms with Crippen molar-refractivity contribution in [2.24, 2.45) is 11.8 Å². The van der Waals surface area contributed by atoms with Crippen LogP contribution in [0, 0.1) is 11.8 Å². The zero-order chi connectivity index (χ0) is 41.1. The molecule has 0 spiro atoms. The van der Waals surface area contributed by atoms with Crippen molar-refractivity contribution in [2.75, 3.05) is 26.3 Å². The number of nitrogens with zero attached hydrogens (tertiary/aromatic N) is 3. The Labute approximate surface area is 366 Å². The Morgan fingerprint density at radius 1 is 0.814 bits per heavy atom. The largest absolute Gasteiger partial charge is 0.377 e. The van der Waals surface area contributed by atoms with Crippen LogP contribution in [0.2, 0.25) is 0 Å². The average molecular weight is 870 g/mol. The van der Waals surface area contributed by atoms with Crippen molar-refractivity contribution in [1.82, 2.24) is 25.6 Å². The standard InChI is InChI=1S/C24H29N3OS2.C23H30N2O2S2/c1-3-16(2)6-4-8-18(28)12-21-23(19-9-11-26-14-22(19)30-21)24-27-20(15-29-24)17-7-5-10-25-13-17;1-15(2)4-3-5-17(26)12-20-22(18-6-9-24-13-21(18)29-20)23-25-19(14-28-23)16-7-10-27-11-8-16/h5,7,10,13,15-16,26H,3-4,6,8-9,11-12,14H2,1-2H3;7,14-15,24H,3-6,8-13H2,1-2H3/t16-;/m0./s1. The smallest absolute Gasteiger partial charge is 0.138 e. The Bertz CT molecular complexity index is 2200. The fourth-order valence-electron chi connectivity index (χ4n) is 7.95. The highest BCUT2D eigenvalue weighted by molar-refractivity contribution is 7.16. The van der Waals surface area contributed by atoms with Crippen LogP contribution in [0.5, 0.6) is 0 Å². The van der Waals surface area contributed by atoms with Gasteiger partial charge in [-0.3, -0.25) is 14.6 Å². The molecule has 8 rings (SSSR count). The number of thiophene rings is 2. The molecule has 0 unspecified atom stereocenters. The number of thiazole rings is 2. The fraction of sp³-hybridized carbons (Fsp3) is 0.511. The van der Waals surface area contributed by atoms with Crippen LogP contribution >= 0.6 is 45.3 Å². The topological polar surface area (TPSA) is 106 Å². The first-order chi connectivity index (χ1) is 28.8. The van der Waals surface area contributed by atoms with Crippen molar-refractivity contribution < 1.29 is 14.3 Å². The van der Waals surface area contributed by atoms with Gasteiger partial charge in [0.2, 0.25) is 0 Å². The number of nitrogens with one attached hydrogen (secondary N) is 2. The molecular weight excluding hydrogens is 811 g/mol. The number of hydrogen-bond acceptors (Lipinski definition) is 12. The first-order valence-corrected chi connectivity index (χ1v) is 25.0. The van der Waals surface area contributed by atoms with Crippen LogP contribution in [0.4, 0.5) is 0 Å². The quantitative estimate of drug-likeness (QED) is 0.0952. The molecule has 12 heteroatoms. The van der Waals surface area contributed by atoms with Gasteiger partial charge in [-0.1, -0.05) is 53.0 Å². The van der Waals surface area contributed by atoms with Gasteiger partial charge < -0.3 is 15.4 Å². The predicted molar refractivity (Wildman–Crippen MR) is 248 cm³/mol. The van der Waals surface area contributed by atoms with Gasteiger partial charge in [0.25, 0.3) is 0 Å². The summed E-state index contributed by atoms with van der Waals surface area (Å²) in [5.74, 6) is 2.08. The van der Waals surface area contributed by atoms with E-state index >= 15 is 0 Å². The molecule has 3 aliphatic heterocycles. The van der Waals surface area contributed by atoms with Crippen LogP contribution in [0.1, 0.15) is 115 Å². The van der Waals surface area contributed by atoms with E-state index in [9.17, 15) is 9.59 Å². The number of fused-ring (bicyclic) bond motifs is 2. The van der Waals surface area contributed by atoms with Crippen molar-refractivity contribution in [3.8, 4) is 32.4 Å². The number of carbonyl (C=O) groups is 2. The maximum atomic E-state index is 12.8. The van der Waals surface area contributed by atoms with Crippen molar-refractivity contribution in [3.63, 3.8) is 0 Å². The molecule has 3 aliphatic rings. The van der Waals surface area contributed by atoms with Crippen molar-refractivity contribution in [2.45, 2.75) is 118 Å². The molecule has 0 saturated heterocycles. The van der Waals surface area contributed by atoms with Gasteiger partial charge in [-0.25, -0.2) is 9.97 Å². The number of ether oxygens (including phenoxy) is 1. The number of carbonyl (C=O) groups excluding carboxylic acids is 2. The Morgan fingerprint density at radius 3 is 1.98 bits per heavy atom. The fourth-order valence-corrected chi connectivity index (χ4v) is 12.7. The van der Waals surface area contributed by atoms with E-state index in [0.717, 1.165) is 105 Å². The molecule has 8 nitrogen and oxygen atoms in total. The molecule has 8 heterocycles. The average Bonchev–Trinajstić information content (AvgIpc) is 4.06. The van der Waals surface area contributed by atoms with Crippen molar-refractivity contribution in [1.29, 1.82) is 0 Å². The second-order valence-electron chi connectivity index (χ2n) is 16.5. The zero-order valence-corrected chi connectivity index (χ0v) is 38.4. The predicted octanol–water partition coefficient (Wildman–Crippen LogP) is 11.2. The van der Waals surface area contributed by atoms with Crippen LogP contribution < -0.4 is 10.6 Å². The van der Waals surface area contributed by atoms with Gasteiger partial charge in [0.15, 0.2) is 0 Å². The number of Topliss-reactive ketones (excluding diaryl/α,β-unsaturated/α-hetero) is 2. The summed E-state index contributed by atoms with van der Waals surface area (Å²) in [6.07, 6.45) is 16.6. The Morgan fingerprint density at radius 2 is 1.42 bits per heavy atom. The maximum absolute atomic E-state index is 12.8. The second-order valence-corrected chi connectivity index (χ2v) is 20.5. The lowest BCUT2D eigenvalue weighted by atomic mass is 9.98.